The lowest BCUT2D eigenvalue weighted by atomic mass is 9.94. The third kappa shape index (κ3) is 2.91. The molecule has 0 saturated carbocycles. The number of furan rings is 1. The van der Waals surface area contributed by atoms with Gasteiger partial charge in [0.05, 0.1) is 12.0 Å². The topological polar surface area (TPSA) is 76.5 Å². The molecular weight excluding hydrogens is 351 g/mol. The molecule has 0 radical (unpaired) electrons. The molecule has 7 nitrogen and oxygen atoms in total. The fourth-order valence-electron chi connectivity index (χ4n) is 3.20. The molecule has 1 saturated heterocycles. The van der Waals surface area contributed by atoms with Gasteiger partial charge in [0.25, 0.3) is 17.5 Å². The number of carbonyl (C=O) groups is 1. The zero-order valence-corrected chi connectivity index (χ0v) is 13.5. The largest absolute Gasteiger partial charge is 0.459 e. The zero-order valence-electron chi connectivity index (χ0n) is 13.5. The zero-order chi connectivity index (χ0) is 18.3. The Balaban J connectivity index is 1.64. The molecule has 0 bridgehead atoms. The lowest BCUT2D eigenvalue weighted by Crippen LogP contribution is -2.39. The standard InChI is InChI=1S/C16H14F3N5O2/c17-16(18,19)14-21-15-20-6-5-11(24(15)22-14)10-3-1-7-23(9-10)13(25)12-4-2-8-26-12/h2,4-6,8,10H,1,3,7,9H2/t10-/m0/s1. The van der Waals surface area contributed by atoms with Crippen molar-refractivity contribution in [1.29, 1.82) is 0 Å². The number of alkyl halides is 3. The predicted molar refractivity (Wildman–Crippen MR) is 82.4 cm³/mol. The lowest BCUT2D eigenvalue weighted by Gasteiger charge is -2.32. The van der Waals surface area contributed by atoms with E-state index in [1.807, 2.05) is 0 Å². The van der Waals surface area contributed by atoms with Crippen molar-refractivity contribution in [2.45, 2.75) is 24.9 Å². The Labute approximate surface area is 145 Å². The second-order valence-electron chi connectivity index (χ2n) is 6.08. The number of hydrogen-bond donors (Lipinski definition) is 0. The minimum Gasteiger partial charge on any atom is -0.459 e. The van der Waals surface area contributed by atoms with Crippen LogP contribution in [-0.4, -0.2) is 43.5 Å². The van der Waals surface area contributed by atoms with Gasteiger partial charge in [-0.15, -0.1) is 5.10 Å². The molecule has 26 heavy (non-hydrogen) atoms. The molecule has 3 aromatic rings. The summed E-state index contributed by atoms with van der Waals surface area (Å²) in [5.74, 6) is -1.50. The first-order valence-corrected chi connectivity index (χ1v) is 8.05. The summed E-state index contributed by atoms with van der Waals surface area (Å²) in [5, 5.41) is 3.58. The van der Waals surface area contributed by atoms with E-state index in [0.717, 1.165) is 17.4 Å². The average Bonchev–Trinajstić information content (AvgIpc) is 3.30. The molecule has 1 atom stereocenters. The van der Waals surface area contributed by atoms with Gasteiger partial charge in [0, 0.05) is 25.2 Å². The summed E-state index contributed by atoms with van der Waals surface area (Å²) >= 11 is 0. The highest BCUT2D eigenvalue weighted by molar-refractivity contribution is 5.91. The molecule has 0 unspecified atom stereocenters. The fourth-order valence-corrected chi connectivity index (χ4v) is 3.20. The minimum absolute atomic E-state index is 0.107. The van der Waals surface area contributed by atoms with Crippen LogP contribution in [0.4, 0.5) is 13.2 Å². The van der Waals surface area contributed by atoms with Crippen LogP contribution in [-0.2, 0) is 6.18 Å². The number of halogens is 3. The van der Waals surface area contributed by atoms with E-state index < -0.39 is 12.0 Å². The van der Waals surface area contributed by atoms with Crippen molar-refractivity contribution in [3.8, 4) is 0 Å². The molecule has 1 amide bonds. The maximum absolute atomic E-state index is 12.9. The van der Waals surface area contributed by atoms with Crippen LogP contribution in [0.3, 0.4) is 0 Å². The van der Waals surface area contributed by atoms with Gasteiger partial charge in [0.15, 0.2) is 5.76 Å². The number of aromatic nitrogens is 4. The Morgan fingerprint density at radius 3 is 2.88 bits per heavy atom. The first kappa shape index (κ1) is 16.6. The quantitative estimate of drug-likeness (QED) is 0.698. The maximum Gasteiger partial charge on any atom is 0.453 e. The molecule has 0 N–H and O–H groups in total. The van der Waals surface area contributed by atoms with E-state index in [1.165, 1.54) is 12.5 Å². The Morgan fingerprint density at radius 1 is 1.31 bits per heavy atom. The molecule has 136 valence electrons. The van der Waals surface area contributed by atoms with Crippen molar-refractivity contribution in [1.82, 2.24) is 24.5 Å². The summed E-state index contributed by atoms with van der Waals surface area (Å²) in [6, 6.07) is 4.84. The van der Waals surface area contributed by atoms with Crippen molar-refractivity contribution in [2.24, 2.45) is 0 Å². The van der Waals surface area contributed by atoms with Gasteiger partial charge in [-0.1, -0.05) is 0 Å². The number of likely N-dealkylation sites (tertiary alicyclic amines) is 1. The SMILES string of the molecule is O=C(c1ccco1)N1CCC[C@H](c2ccnc3nc(C(F)(F)F)nn23)C1. The van der Waals surface area contributed by atoms with E-state index in [2.05, 4.69) is 15.1 Å². The monoisotopic (exact) mass is 365 g/mol. The van der Waals surface area contributed by atoms with Crippen molar-refractivity contribution >= 4 is 11.7 Å². The normalized spacial score (nSPS) is 18.4. The molecule has 0 spiro atoms. The molecule has 0 aromatic carbocycles. The first-order valence-electron chi connectivity index (χ1n) is 8.05. The van der Waals surface area contributed by atoms with Crippen molar-refractivity contribution in [3.05, 3.63) is 47.9 Å². The van der Waals surface area contributed by atoms with Crippen LogP contribution in [0.1, 0.15) is 40.8 Å². The fraction of sp³-hybridized carbons (Fsp3) is 0.375. The molecule has 4 heterocycles. The first-order chi connectivity index (χ1) is 12.4. The van der Waals surface area contributed by atoms with Crippen LogP contribution in [0.25, 0.3) is 5.78 Å². The highest BCUT2D eigenvalue weighted by Crippen LogP contribution is 2.30. The van der Waals surface area contributed by atoms with Crippen LogP contribution in [0.5, 0.6) is 0 Å². The summed E-state index contributed by atoms with van der Waals surface area (Å²) in [7, 11) is 0. The second kappa shape index (κ2) is 6.11. The Morgan fingerprint density at radius 2 is 2.15 bits per heavy atom. The van der Waals surface area contributed by atoms with Crippen molar-refractivity contribution in [3.63, 3.8) is 0 Å². The Hall–Kier alpha value is -2.91. The molecular formula is C16H14F3N5O2. The number of nitrogens with zero attached hydrogens (tertiary/aromatic N) is 5. The third-order valence-corrected chi connectivity index (χ3v) is 4.38. The summed E-state index contributed by atoms with van der Waals surface area (Å²) in [6.45, 7) is 0.926. The molecule has 1 aliphatic rings. The predicted octanol–water partition coefficient (Wildman–Crippen LogP) is 2.76. The van der Waals surface area contributed by atoms with Crippen molar-refractivity contribution < 1.29 is 22.4 Å². The number of rotatable bonds is 2. The number of carbonyl (C=O) groups excluding carboxylic acids is 1. The van der Waals surface area contributed by atoms with E-state index in [-0.39, 0.29) is 23.4 Å². The van der Waals surface area contributed by atoms with Crippen LogP contribution in [0.15, 0.2) is 35.1 Å². The van der Waals surface area contributed by atoms with Gasteiger partial charge in [-0.2, -0.15) is 18.2 Å². The molecule has 10 heteroatoms. The molecule has 0 aliphatic carbocycles. The van der Waals surface area contributed by atoms with Gasteiger partial charge in [-0.25, -0.2) is 9.50 Å². The average molecular weight is 365 g/mol. The van der Waals surface area contributed by atoms with Gasteiger partial charge < -0.3 is 9.32 Å². The van der Waals surface area contributed by atoms with Crippen LogP contribution >= 0.6 is 0 Å². The minimum atomic E-state index is -4.64. The van der Waals surface area contributed by atoms with Crippen LogP contribution in [0.2, 0.25) is 0 Å². The number of amides is 1. The van der Waals surface area contributed by atoms with E-state index in [1.54, 1.807) is 23.1 Å². The van der Waals surface area contributed by atoms with E-state index >= 15 is 0 Å². The second-order valence-corrected chi connectivity index (χ2v) is 6.08. The molecule has 1 aliphatic heterocycles. The summed E-state index contributed by atoms with van der Waals surface area (Å²) < 4.78 is 45.0. The highest BCUT2D eigenvalue weighted by Gasteiger charge is 2.37. The van der Waals surface area contributed by atoms with E-state index in [4.69, 9.17) is 4.42 Å². The van der Waals surface area contributed by atoms with Gasteiger partial charge in [-0.3, -0.25) is 4.79 Å². The maximum atomic E-state index is 12.9. The molecule has 4 rings (SSSR count). The Kier molecular flexibility index (Phi) is 3.89. The molecule has 3 aromatic heterocycles. The van der Waals surface area contributed by atoms with E-state index in [9.17, 15) is 18.0 Å². The highest BCUT2D eigenvalue weighted by atomic mass is 19.4. The van der Waals surface area contributed by atoms with Gasteiger partial charge in [0.2, 0.25) is 0 Å². The number of piperidine rings is 1. The summed E-state index contributed by atoms with van der Waals surface area (Å²) in [6.07, 6.45) is -0.356. The summed E-state index contributed by atoms with van der Waals surface area (Å²) in [5.41, 5.74) is 0.551. The summed E-state index contributed by atoms with van der Waals surface area (Å²) in [4.78, 5) is 21.4. The van der Waals surface area contributed by atoms with Crippen LogP contribution in [0, 0.1) is 0 Å². The third-order valence-electron chi connectivity index (χ3n) is 4.38. The van der Waals surface area contributed by atoms with Gasteiger partial charge >= 0.3 is 6.18 Å². The smallest absolute Gasteiger partial charge is 0.453 e. The van der Waals surface area contributed by atoms with E-state index in [0.29, 0.717) is 18.8 Å². The molecule has 1 fully saturated rings. The van der Waals surface area contributed by atoms with Crippen LogP contribution < -0.4 is 0 Å². The van der Waals surface area contributed by atoms with Gasteiger partial charge in [0.1, 0.15) is 0 Å². The number of fused-ring (bicyclic) bond motifs is 1. The Bertz CT molecular complexity index is 935. The lowest BCUT2D eigenvalue weighted by molar-refractivity contribution is -0.144. The number of hydrogen-bond acceptors (Lipinski definition) is 5. The van der Waals surface area contributed by atoms with Gasteiger partial charge in [-0.05, 0) is 31.0 Å². The van der Waals surface area contributed by atoms with Crippen molar-refractivity contribution in [2.75, 3.05) is 13.1 Å².